The Morgan fingerprint density at radius 1 is 1.56 bits per heavy atom. The Bertz CT molecular complexity index is 217. The predicted octanol–water partition coefficient (Wildman–Crippen LogP) is 1.32. The van der Waals surface area contributed by atoms with Gasteiger partial charge in [-0.05, 0) is 12.8 Å². The number of unbranched alkanes of at least 4 members (excludes halogenated alkanes) is 1. The zero-order valence-corrected chi connectivity index (χ0v) is 10.5. The number of hydrogen-bond acceptors (Lipinski definition) is 3. The average Bonchev–Trinajstić information content (AvgIpc) is 2.76. The summed E-state index contributed by atoms with van der Waals surface area (Å²) in [6, 6.07) is 0. The Morgan fingerprint density at radius 2 is 2.38 bits per heavy atom. The molecule has 1 aliphatic heterocycles. The van der Waals surface area contributed by atoms with E-state index in [0.717, 1.165) is 19.3 Å². The van der Waals surface area contributed by atoms with Crippen molar-refractivity contribution in [3.8, 4) is 0 Å². The molecule has 0 aliphatic carbocycles. The quantitative estimate of drug-likeness (QED) is 0.547. The van der Waals surface area contributed by atoms with E-state index >= 15 is 0 Å². The molecular weight excluding hydrogens is 230 g/mol. The van der Waals surface area contributed by atoms with Crippen molar-refractivity contribution < 1.29 is 14.3 Å². The molecule has 0 aromatic rings. The molecule has 0 aromatic carbocycles. The number of ether oxygens (including phenoxy) is 2. The van der Waals surface area contributed by atoms with Crippen LogP contribution in [0.4, 0.5) is 0 Å². The lowest BCUT2D eigenvalue weighted by molar-refractivity contribution is -0.122. The molecule has 1 aliphatic rings. The highest BCUT2D eigenvalue weighted by atomic mass is 35.5. The predicted molar refractivity (Wildman–Crippen MR) is 62.8 cm³/mol. The molecule has 1 atom stereocenters. The van der Waals surface area contributed by atoms with Crippen LogP contribution in [0, 0.1) is 0 Å². The molecule has 16 heavy (non-hydrogen) atoms. The Morgan fingerprint density at radius 3 is 2.94 bits per heavy atom. The molecule has 5 heteroatoms. The zero-order chi connectivity index (χ0) is 11.9. The SMILES string of the molecule is COC1(CNC(=O)CCCCCl)CCOC1. The van der Waals surface area contributed by atoms with E-state index in [0.29, 0.717) is 32.1 Å². The van der Waals surface area contributed by atoms with Crippen LogP contribution in [0.3, 0.4) is 0 Å². The lowest BCUT2D eigenvalue weighted by Crippen LogP contribution is -2.44. The standard InChI is InChI=1S/C11H20ClNO3/c1-15-11(5-7-16-9-11)8-13-10(14)4-2-3-6-12/h2-9H2,1H3,(H,13,14). The van der Waals surface area contributed by atoms with Crippen LogP contribution in [0.1, 0.15) is 25.7 Å². The van der Waals surface area contributed by atoms with Crippen LogP contribution in [-0.2, 0) is 14.3 Å². The molecule has 4 nitrogen and oxygen atoms in total. The van der Waals surface area contributed by atoms with Crippen LogP contribution in [-0.4, -0.2) is 44.3 Å². The molecule has 0 radical (unpaired) electrons. The topological polar surface area (TPSA) is 47.6 Å². The lowest BCUT2D eigenvalue weighted by Gasteiger charge is -2.25. The Labute approximate surface area is 102 Å². The number of rotatable bonds is 7. The molecule has 0 saturated carbocycles. The largest absolute Gasteiger partial charge is 0.378 e. The summed E-state index contributed by atoms with van der Waals surface area (Å²) in [5.41, 5.74) is -0.317. The molecule has 94 valence electrons. The third-order valence-electron chi connectivity index (χ3n) is 2.90. The van der Waals surface area contributed by atoms with Crippen LogP contribution in [0.5, 0.6) is 0 Å². The van der Waals surface area contributed by atoms with Crippen LogP contribution < -0.4 is 5.32 Å². The molecular formula is C11H20ClNO3. The second kappa shape index (κ2) is 7.09. The molecule has 0 spiro atoms. The van der Waals surface area contributed by atoms with Crippen LogP contribution in [0.2, 0.25) is 0 Å². The first-order chi connectivity index (χ1) is 7.72. The molecule has 1 amide bonds. The van der Waals surface area contributed by atoms with E-state index in [-0.39, 0.29) is 11.5 Å². The molecule has 1 rings (SSSR count). The minimum absolute atomic E-state index is 0.0634. The average molecular weight is 250 g/mol. The second-order valence-electron chi connectivity index (χ2n) is 4.11. The molecule has 1 saturated heterocycles. The summed E-state index contributed by atoms with van der Waals surface area (Å²) < 4.78 is 10.7. The fraction of sp³-hybridized carbons (Fsp3) is 0.909. The van der Waals surface area contributed by atoms with Crippen molar-refractivity contribution in [2.75, 3.05) is 32.7 Å². The summed E-state index contributed by atoms with van der Waals surface area (Å²) >= 11 is 5.54. The van der Waals surface area contributed by atoms with Crippen molar-refractivity contribution in [2.24, 2.45) is 0 Å². The molecule has 0 bridgehead atoms. The van der Waals surface area contributed by atoms with Crippen molar-refractivity contribution >= 4 is 17.5 Å². The summed E-state index contributed by atoms with van der Waals surface area (Å²) in [5, 5.41) is 2.89. The maximum Gasteiger partial charge on any atom is 0.220 e. The first kappa shape index (κ1) is 13.7. The smallest absolute Gasteiger partial charge is 0.220 e. The van der Waals surface area contributed by atoms with Gasteiger partial charge in [0, 0.05) is 39.0 Å². The summed E-state index contributed by atoms with van der Waals surface area (Å²) in [5.74, 6) is 0.678. The van der Waals surface area contributed by atoms with Crippen molar-refractivity contribution in [1.82, 2.24) is 5.32 Å². The Kier molecular flexibility index (Phi) is 6.09. The van der Waals surface area contributed by atoms with Gasteiger partial charge in [-0.3, -0.25) is 4.79 Å². The summed E-state index contributed by atoms with van der Waals surface area (Å²) in [4.78, 5) is 11.5. The van der Waals surface area contributed by atoms with Crippen molar-refractivity contribution in [3.05, 3.63) is 0 Å². The first-order valence-electron chi connectivity index (χ1n) is 5.68. The summed E-state index contributed by atoms with van der Waals surface area (Å²) in [6.07, 6.45) is 3.10. The van der Waals surface area contributed by atoms with Gasteiger partial charge in [-0.25, -0.2) is 0 Å². The number of amides is 1. The molecule has 1 fully saturated rings. The van der Waals surface area contributed by atoms with E-state index in [1.165, 1.54) is 0 Å². The third kappa shape index (κ3) is 4.28. The molecule has 1 heterocycles. The van der Waals surface area contributed by atoms with E-state index in [1.807, 2.05) is 0 Å². The first-order valence-corrected chi connectivity index (χ1v) is 6.21. The molecule has 0 aromatic heterocycles. The lowest BCUT2D eigenvalue weighted by atomic mass is 10.0. The fourth-order valence-electron chi connectivity index (χ4n) is 1.69. The molecule has 1 N–H and O–H groups in total. The zero-order valence-electron chi connectivity index (χ0n) is 9.76. The normalized spacial score (nSPS) is 24.6. The van der Waals surface area contributed by atoms with E-state index in [4.69, 9.17) is 21.1 Å². The van der Waals surface area contributed by atoms with Gasteiger partial charge >= 0.3 is 0 Å². The number of carbonyl (C=O) groups excluding carboxylic acids is 1. The highest BCUT2D eigenvalue weighted by Gasteiger charge is 2.35. The number of alkyl halides is 1. The summed E-state index contributed by atoms with van der Waals surface area (Å²) in [7, 11) is 1.66. The monoisotopic (exact) mass is 249 g/mol. The van der Waals surface area contributed by atoms with Crippen molar-refractivity contribution in [3.63, 3.8) is 0 Å². The van der Waals surface area contributed by atoms with Crippen molar-refractivity contribution in [2.45, 2.75) is 31.3 Å². The minimum atomic E-state index is -0.317. The number of hydrogen-bond donors (Lipinski definition) is 1. The summed E-state index contributed by atoms with van der Waals surface area (Å²) in [6.45, 7) is 1.80. The highest BCUT2D eigenvalue weighted by molar-refractivity contribution is 6.17. The molecule has 1 unspecified atom stereocenters. The fourth-order valence-corrected chi connectivity index (χ4v) is 1.88. The second-order valence-corrected chi connectivity index (χ2v) is 4.49. The van der Waals surface area contributed by atoms with Crippen molar-refractivity contribution in [1.29, 1.82) is 0 Å². The van der Waals surface area contributed by atoms with E-state index in [9.17, 15) is 4.79 Å². The highest BCUT2D eigenvalue weighted by Crippen LogP contribution is 2.21. The van der Waals surface area contributed by atoms with Crippen LogP contribution in [0.25, 0.3) is 0 Å². The van der Waals surface area contributed by atoms with Gasteiger partial charge in [0.15, 0.2) is 0 Å². The van der Waals surface area contributed by atoms with Gasteiger partial charge in [-0.15, -0.1) is 11.6 Å². The van der Waals surface area contributed by atoms with Gasteiger partial charge < -0.3 is 14.8 Å². The number of nitrogens with one attached hydrogen (secondary N) is 1. The number of carbonyl (C=O) groups is 1. The van der Waals surface area contributed by atoms with E-state index < -0.39 is 0 Å². The van der Waals surface area contributed by atoms with Crippen LogP contribution in [0.15, 0.2) is 0 Å². The van der Waals surface area contributed by atoms with E-state index in [2.05, 4.69) is 5.32 Å². The maximum atomic E-state index is 11.5. The van der Waals surface area contributed by atoms with Gasteiger partial charge in [-0.2, -0.15) is 0 Å². The van der Waals surface area contributed by atoms with Gasteiger partial charge in [0.25, 0.3) is 0 Å². The van der Waals surface area contributed by atoms with Gasteiger partial charge in [0.05, 0.1) is 6.61 Å². The van der Waals surface area contributed by atoms with Gasteiger partial charge in [0.2, 0.25) is 5.91 Å². The van der Waals surface area contributed by atoms with Gasteiger partial charge in [-0.1, -0.05) is 0 Å². The van der Waals surface area contributed by atoms with E-state index in [1.54, 1.807) is 7.11 Å². The Balaban J connectivity index is 2.19. The van der Waals surface area contributed by atoms with Gasteiger partial charge in [0.1, 0.15) is 5.60 Å². The van der Waals surface area contributed by atoms with Crippen LogP contribution >= 0.6 is 11.6 Å². The minimum Gasteiger partial charge on any atom is -0.378 e. The number of methoxy groups -OCH3 is 1. The Hall–Kier alpha value is -0.320. The maximum absolute atomic E-state index is 11.5. The number of halogens is 1. The third-order valence-corrected chi connectivity index (χ3v) is 3.16.